The Labute approximate surface area is 116 Å². The van der Waals surface area contributed by atoms with Gasteiger partial charge in [-0.1, -0.05) is 12.2 Å². The number of hydrogen-bond donors (Lipinski definition) is 1. The minimum Gasteiger partial charge on any atom is -0.463 e. The van der Waals surface area contributed by atoms with Crippen LogP contribution in [0.1, 0.15) is 29.9 Å². The van der Waals surface area contributed by atoms with Crippen LogP contribution in [0.25, 0.3) is 0 Å². The zero-order chi connectivity index (χ0) is 13.7. The summed E-state index contributed by atoms with van der Waals surface area (Å²) in [6.45, 7) is 13.0. The maximum absolute atomic E-state index is 5.94. The SMILES string of the molecule is C=CCN(CC=C)Cc1cc(C)c(CNC2CC2)o1. The first-order valence-electron chi connectivity index (χ1n) is 6.98. The normalized spacial score (nSPS) is 14.8. The smallest absolute Gasteiger partial charge is 0.120 e. The quantitative estimate of drug-likeness (QED) is 0.692. The van der Waals surface area contributed by atoms with Gasteiger partial charge in [-0.25, -0.2) is 0 Å². The molecule has 1 aliphatic rings. The molecule has 3 heteroatoms. The van der Waals surface area contributed by atoms with Crippen molar-refractivity contribution in [2.24, 2.45) is 0 Å². The topological polar surface area (TPSA) is 28.4 Å². The third-order valence-corrected chi connectivity index (χ3v) is 3.35. The third kappa shape index (κ3) is 4.37. The van der Waals surface area contributed by atoms with Gasteiger partial charge in [-0.3, -0.25) is 4.90 Å². The summed E-state index contributed by atoms with van der Waals surface area (Å²) in [5.74, 6) is 2.09. The van der Waals surface area contributed by atoms with Gasteiger partial charge in [-0.15, -0.1) is 13.2 Å². The highest BCUT2D eigenvalue weighted by Gasteiger charge is 2.21. The largest absolute Gasteiger partial charge is 0.463 e. The van der Waals surface area contributed by atoms with Gasteiger partial charge >= 0.3 is 0 Å². The van der Waals surface area contributed by atoms with Crippen LogP contribution in [0.3, 0.4) is 0 Å². The first-order valence-corrected chi connectivity index (χ1v) is 6.98. The first kappa shape index (κ1) is 14.1. The van der Waals surface area contributed by atoms with E-state index in [1.165, 1.54) is 18.4 Å². The number of aryl methyl sites for hydroxylation is 1. The monoisotopic (exact) mass is 260 g/mol. The Morgan fingerprint density at radius 1 is 1.37 bits per heavy atom. The van der Waals surface area contributed by atoms with Crippen molar-refractivity contribution in [3.63, 3.8) is 0 Å². The average molecular weight is 260 g/mol. The molecule has 104 valence electrons. The Hall–Kier alpha value is -1.32. The predicted octanol–water partition coefficient (Wildman–Crippen LogP) is 3.01. The number of rotatable bonds is 9. The van der Waals surface area contributed by atoms with E-state index in [9.17, 15) is 0 Å². The highest BCUT2D eigenvalue weighted by molar-refractivity contribution is 5.20. The lowest BCUT2D eigenvalue weighted by Crippen LogP contribution is -2.23. The summed E-state index contributed by atoms with van der Waals surface area (Å²) in [4.78, 5) is 2.25. The maximum atomic E-state index is 5.94. The van der Waals surface area contributed by atoms with Crippen molar-refractivity contribution < 1.29 is 4.42 Å². The first-order chi connectivity index (χ1) is 9.22. The van der Waals surface area contributed by atoms with Crippen LogP contribution in [-0.2, 0) is 13.1 Å². The molecule has 2 rings (SSSR count). The van der Waals surface area contributed by atoms with Crippen LogP contribution < -0.4 is 5.32 Å². The molecule has 0 amide bonds. The van der Waals surface area contributed by atoms with E-state index in [-0.39, 0.29) is 0 Å². The highest BCUT2D eigenvalue weighted by Crippen LogP contribution is 2.21. The van der Waals surface area contributed by atoms with E-state index in [0.717, 1.165) is 37.7 Å². The Bertz CT molecular complexity index is 422. The van der Waals surface area contributed by atoms with E-state index >= 15 is 0 Å². The molecule has 0 atom stereocenters. The average Bonchev–Trinajstić information content (AvgIpc) is 3.13. The molecule has 19 heavy (non-hydrogen) atoms. The van der Waals surface area contributed by atoms with Crippen LogP contribution in [0, 0.1) is 6.92 Å². The van der Waals surface area contributed by atoms with Gasteiger partial charge in [-0.05, 0) is 31.4 Å². The van der Waals surface area contributed by atoms with Crippen molar-refractivity contribution in [2.45, 2.75) is 38.9 Å². The summed E-state index contributed by atoms with van der Waals surface area (Å²) < 4.78 is 5.94. The second kappa shape index (κ2) is 6.73. The van der Waals surface area contributed by atoms with Gasteiger partial charge in [0.25, 0.3) is 0 Å². The summed E-state index contributed by atoms with van der Waals surface area (Å²) in [6.07, 6.45) is 6.43. The Kier molecular flexibility index (Phi) is 5.00. The molecule has 0 unspecified atom stereocenters. The fraction of sp³-hybridized carbons (Fsp3) is 0.500. The number of nitrogens with one attached hydrogen (secondary N) is 1. The number of furan rings is 1. The number of nitrogens with zero attached hydrogens (tertiary/aromatic N) is 1. The van der Waals surface area contributed by atoms with Crippen molar-refractivity contribution in [1.82, 2.24) is 10.2 Å². The van der Waals surface area contributed by atoms with Gasteiger partial charge in [-0.2, -0.15) is 0 Å². The molecule has 0 spiro atoms. The summed E-state index contributed by atoms with van der Waals surface area (Å²) in [5.41, 5.74) is 1.24. The third-order valence-electron chi connectivity index (χ3n) is 3.35. The van der Waals surface area contributed by atoms with E-state index in [1.54, 1.807) is 0 Å². The summed E-state index contributed by atoms with van der Waals surface area (Å²) in [5, 5.41) is 3.49. The van der Waals surface area contributed by atoms with Crippen LogP contribution in [0.5, 0.6) is 0 Å². The fourth-order valence-corrected chi connectivity index (χ4v) is 2.16. The number of hydrogen-bond acceptors (Lipinski definition) is 3. The van der Waals surface area contributed by atoms with Gasteiger partial charge in [0.1, 0.15) is 11.5 Å². The molecule has 0 aliphatic heterocycles. The molecule has 1 saturated carbocycles. The van der Waals surface area contributed by atoms with E-state index in [0.29, 0.717) is 6.04 Å². The van der Waals surface area contributed by atoms with Crippen LogP contribution in [0.4, 0.5) is 0 Å². The molecule has 0 radical (unpaired) electrons. The van der Waals surface area contributed by atoms with Crippen molar-refractivity contribution >= 4 is 0 Å². The molecule has 1 fully saturated rings. The second-order valence-corrected chi connectivity index (χ2v) is 5.25. The van der Waals surface area contributed by atoms with Gasteiger partial charge in [0.15, 0.2) is 0 Å². The lowest BCUT2D eigenvalue weighted by atomic mass is 10.2. The molecule has 3 nitrogen and oxygen atoms in total. The standard InChI is InChI=1S/C16H24N2O/c1-4-8-18(9-5-2)12-15-10-13(3)16(19-15)11-17-14-6-7-14/h4-5,10,14,17H,1-2,6-9,11-12H2,3H3. The summed E-state index contributed by atoms with van der Waals surface area (Å²) in [7, 11) is 0. The van der Waals surface area contributed by atoms with E-state index in [4.69, 9.17) is 4.42 Å². The highest BCUT2D eigenvalue weighted by atomic mass is 16.3. The summed E-state index contributed by atoms with van der Waals surface area (Å²) in [6, 6.07) is 2.86. The van der Waals surface area contributed by atoms with Crippen LogP contribution in [-0.4, -0.2) is 24.0 Å². The van der Waals surface area contributed by atoms with E-state index in [1.807, 2.05) is 12.2 Å². The van der Waals surface area contributed by atoms with Crippen molar-refractivity contribution in [3.8, 4) is 0 Å². The van der Waals surface area contributed by atoms with Crippen molar-refractivity contribution in [3.05, 3.63) is 48.5 Å². The summed E-state index contributed by atoms with van der Waals surface area (Å²) >= 11 is 0. The molecule has 0 aromatic carbocycles. The lowest BCUT2D eigenvalue weighted by molar-refractivity contribution is 0.289. The zero-order valence-corrected chi connectivity index (χ0v) is 11.8. The van der Waals surface area contributed by atoms with Crippen LogP contribution in [0.2, 0.25) is 0 Å². The fourth-order valence-electron chi connectivity index (χ4n) is 2.16. The zero-order valence-electron chi connectivity index (χ0n) is 11.8. The molecule has 0 bridgehead atoms. The van der Waals surface area contributed by atoms with E-state index < -0.39 is 0 Å². The van der Waals surface area contributed by atoms with Crippen molar-refractivity contribution in [1.29, 1.82) is 0 Å². The molecule has 1 N–H and O–H groups in total. The van der Waals surface area contributed by atoms with Crippen LogP contribution in [0.15, 0.2) is 35.8 Å². The van der Waals surface area contributed by atoms with Gasteiger partial charge < -0.3 is 9.73 Å². The van der Waals surface area contributed by atoms with Gasteiger partial charge in [0, 0.05) is 19.1 Å². The predicted molar refractivity (Wildman–Crippen MR) is 79.0 cm³/mol. The minimum atomic E-state index is 0.714. The Morgan fingerprint density at radius 3 is 2.63 bits per heavy atom. The molecule has 1 aromatic rings. The molecule has 1 aliphatic carbocycles. The minimum absolute atomic E-state index is 0.714. The van der Waals surface area contributed by atoms with Crippen LogP contribution >= 0.6 is 0 Å². The molecular weight excluding hydrogens is 236 g/mol. The van der Waals surface area contributed by atoms with E-state index in [2.05, 4.69) is 36.4 Å². The Balaban J connectivity index is 1.92. The maximum Gasteiger partial charge on any atom is 0.120 e. The van der Waals surface area contributed by atoms with Gasteiger partial charge in [0.2, 0.25) is 0 Å². The molecule has 1 aromatic heterocycles. The van der Waals surface area contributed by atoms with Gasteiger partial charge in [0.05, 0.1) is 13.1 Å². The lowest BCUT2D eigenvalue weighted by Gasteiger charge is -2.16. The second-order valence-electron chi connectivity index (χ2n) is 5.25. The molecular formula is C16H24N2O. The molecule has 1 heterocycles. The Morgan fingerprint density at radius 2 is 2.05 bits per heavy atom. The molecule has 0 saturated heterocycles. The van der Waals surface area contributed by atoms with Crippen molar-refractivity contribution in [2.75, 3.05) is 13.1 Å².